The summed E-state index contributed by atoms with van der Waals surface area (Å²) in [4.78, 5) is 10.8. The van der Waals surface area contributed by atoms with E-state index in [0.717, 1.165) is 24.6 Å². The maximum atomic E-state index is 6.00. The molecule has 132 valence electrons. The van der Waals surface area contributed by atoms with E-state index < -0.39 is 0 Å². The number of nitrogens with one attached hydrogen (secondary N) is 1. The molecule has 1 atom stereocenters. The van der Waals surface area contributed by atoms with E-state index >= 15 is 0 Å². The number of aliphatic imine (C=N–C) groups is 1. The fraction of sp³-hybridized carbons (Fsp3) is 0.368. The van der Waals surface area contributed by atoms with Crippen LogP contribution in [0.5, 0.6) is 0 Å². The fourth-order valence-electron chi connectivity index (χ4n) is 3.00. The van der Waals surface area contributed by atoms with Gasteiger partial charge in [0, 0.05) is 26.3 Å². The minimum atomic E-state index is 0.0608. The van der Waals surface area contributed by atoms with E-state index in [-0.39, 0.29) is 6.10 Å². The average Bonchev–Trinajstić information content (AvgIpc) is 2.64. The zero-order valence-corrected chi connectivity index (χ0v) is 15.3. The predicted molar refractivity (Wildman–Crippen MR) is 101 cm³/mol. The second-order valence-corrected chi connectivity index (χ2v) is 6.44. The largest absolute Gasteiger partial charge is 0.370 e. The lowest BCUT2D eigenvalue weighted by Gasteiger charge is -2.35. The monoisotopic (exact) mass is 358 g/mol. The molecule has 6 heteroatoms. The molecule has 1 saturated heterocycles. The molecular formula is C19H23ClN4O. The first-order valence-corrected chi connectivity index (χ1v) is 8.78. The van der Waals surface area contributed by atoms with Crippen molar-refractivity contribution in [3.05, 3.63) is 64.4 Å². The first kappa shape index (κ1) is 17.7. The van der Waals surface area contributed by atoms with Crippen LogP contribution in [0.2, 0.25) is 5.15 Å². The van der Waals surface area contributed by atoms with Gasteiger partial charge in [0.25, 0.3) is 0 Å². The van der Waals surface area contributed by atoms with Crippen LogP contribution in [-0.2, 0) is 11.3 Å². The van der Waals surface area contributed by atoms with Crippen LogP contribution >= 0.6 is 11.6 Å². The molecule has 0 aliphatic carbocycles. The first-order chi connectivity index (χ1) is 12.2. The molecule has 1 unspecified atom stereocenters. The van der Waals surface area contributed by atoms with Crippen molar-refractivity contribution in [1.82, 2.24) is 15.2 Å². The standard InChI is InChI=1S/C19H23ClN4O/c1-14-5-3-4-6-16(14)17-13-24(9-10-25-17)19(21-2)23-12-15-7-8-18(20)22-11-15/h3-8,11,17H,9-10,12-13H2,1-2H3,(H,21,23). The number of benzene rings is 1. The first-order valence-electron chi connectivity index (χ1n) is 8.40. The Bertz CT molecular complexity index is 732. The van der Waals surface area contributed by atoms with Gasteiger partial charge in [0.1, 0.15) is 11.3 Å². The van der Waals surface area contributed by atoms with Gasteiger partial charge in [0.2, 0.25) is 0 Å². The van der Waals surface area contributed by atoms with Crippen molar-refractivity contribution in [3.8, 4) is 0 Å². The fourth-order valence-corrected chi connectivity index (χ4v) is 3.11. The van der Waals surface area contributed by atoms with E-state index in [1.165, 1.54) is 11.1 Å². The summed E-state index contributed by atoms with van der Waals surface area (Å²) in [7, 11) is 1.81. The molecule has 0 radical (unpaired) electrons. The van der Waals surface area contributed by atoms with Crippen molar-refractivity contribution in [2.45, 2.75) is 19.6 Å². The van der Waals surface area contributed by atoms with Crippen LogP contribution < -0.4 is 5.32 Å². The Kier molecular flexibility index (Phi) is 5.89. The van der Waals surface area contributed by atoms with Gasteiger partial charge in [-0.1, -0.05) is 41.9 Å². The van der Waals surface area contributed by atoms with Crippen molar-refractivity contribution in [2.24, 2.45) is 4.99 Å². The molecule has 1 aromatic carbocycles. The zero-order valence-electron chi connectivity index (χ0n) is 14.6. The number of aromatic nitrogens is 1. The number of guanidine groups is 1. The molecule has 25 heavy (non-hydrogen) atoms. The molecule has 5 nitrogen and oxygen atoms in total. The summed E-state index contributed by atoms with van der Waals surface area (Å²) in [5.74, 6) is 0.872. The SMILES string of the molecule is CN=C(NCc1ccc(Cl)nc1)N1CCOC(c2ccccc2C)C1. The van der Waals surface area contributed by atoms with Crippen molar-refractivity contribution in [3.63, 3.8) is 0 Å². The Labute approximate surface area is 153 Å². The highest BCUT2D eigenvalue weighted by molar-refractivity contribution is 6.29. The molecule has 3 rings (SSSR count). The summed E-state index contributed by atoms with van der Waals surface area (Å²) < 4.78 is 6.00. The van der Waals surface area contributed by atoms with Gasteiger partial charge in [0.15, 0.2) is 5.96 Å². The van der Waals surface area contributed by atoms with Gasteiger partial charge in [-0.3, -0.25) is 4.99 Å². The minimum Gasteiger partial charge on any atom is -0.370 e. The summed E-state index contributed by atoms with van der Waals surface area (Å²) in [6, 6.07) is 12.1. The number of hydrogen-bond acceptors (Lipinski definition) is 3. The molecule has 2 aromatic rings. The maximum Gasteiger partial charge on any atom is 0.194 e. The number of halogens is 1. The predicted octanol–water partition coefficient (Wildman–Crippen LogP) is 3.19. The van der Waals surface area contributed by atoms with E-state index in [2.05, 4.69) is 51.4 Å². The Balaban J connectivity index is 1.64. The normalized spacial score (nSPS) is 18.3. The number of pyridine rings is 1. The van der Waals surface area contributed by atoms with E-state index in [1.54, 1.807) is 19.3 Å². The van der Waals surface area contributed by atoms with E-state index in [1.807, 2.05) is 6.07 Å². The summed E-state index contributed by atoms with van der Waals surface area (Å²) in [5.41, 5.74) is 3.56. The minimum absolute atomic E-state index is 0.0608. The zero-order chi connectivity index (χ0) is 17.6. The maximum absolute atomic E-state index is 6.00. The topological polar surface area (TPSA) is 49.8 Å². The van der Waals surface area contributed by atoms with Crippen molar-refractivity contribution in [2.75, 3.05) is 26.7 Å². The Morgan fingerprint density at radius 1 is 1.36 bits per heavy atom. The van der Waals surface area contributed by atoms with Gasteiger partial charge in [-0.25, -0.2) is 4.98 Å². The smallest absolute Gasteiger partial charge is 0.194 e. The molecule has 1 N–H and O–H groups in total. The molecule has 0 amide bonds. The third-order valence-electron chi connectivity index (χ3n) is 4.35. The highest BCUT2D eigenvalue weighted by Crippen LogP contribution is 2.25. The van der Waals surface area contributed by atoms with Crippen molar-refractivity contribution in [1.29, 1.82) is 0 Å². The summed E-state index contributed by atoms with van der Waals surface area (Å²) in [5, 5.41) is 3.90. The van der Waals surface area contributed by atoms with E-state index in [4.69, 9.17) is 16.3 Å². The van der Waals surface area contributed by atoms with Crippen molar-refractivity contribution >= 4 is 17.6 Å². The van der Waals surface area contributed by atoms with Gasteiger partial charge in [-0.05, 0) is 29.7 Å². The number of rotatable bonds is 3. The summed E-state index contributed by atoms with van der Waals surface area (Å²) >= 11 is 5.83. The van der Waals surface area contributed by atoms with Crippen molar-refractivity contribution < 1.29 is 4.74 Å². The van der Waals surface area contributed by atoms with Crippen LogP contribution in [-0.4, -0.2) is 42.6 Å². The van der Waals surface area contributed by atoms with E-state index in [0.29, 0.717) is 18.3 Å². The summed E-state index contributed by atoms with van der Waals surface area (Å²) in [6.07, 6.45) is 1.84. The third-order valence-corrected chi connectivity index (χ3v) is 4.58. The molecule has 0 bridgehead atoms. The van der Waals surface area contributed by atoms with Crippen LogP contribution in [0, 0.1) is 6.92 Å². The molecular weight excluding hydrogens is 336 g/mol. The number of aryl methyl sites for hydroxylation is 1. The van der Waals surface area contributed by atoms with Crippen LogP contribution in [0.25, 0.3) is 0 Å². The number of nitrogens with zero attached hydrogens (tertiary/aromatic N) is 3. The molecule has 0 spiro atoms. The summed E-state index contributed by atoms with van der Waals surface area (Å²) in [6.45, 7) is 5.06. The van der Waals surface area contributed by atoms with Crippen LogP contribution in [0.1, 0.15) is 22.8 Å². The number of ether oxygens (including phenoxy) is 1. The Hall–Kier alpha value is -2.11. The quantitative estimate of drug-likeness (QED) is 0.520. The van der Waals surface area contributed by atoms with Gasteiger partial charge >= 0.3 is 0 Å². The van der Waals surface area contributed by atoms with E-state index in [9.17, 15) is 0 Å². The molecule has 1 aromatic heterocycles. The number of morpholine rings is 1. The third kappa shape index (κ3) is 4.50. The lowest BCUT2D eigenvalue weighted by molar-refractivity contribution is -0.00833. The van der Waals surface area contributed by atoms with Gasteiger partial charge < -0.3 is 15.0 Å². The molecule has 2 heterocycles. The lowest BCUT2D eigenvalue weighted by atomic mass is 10.0. The Morgan fingerprint density at radius 2 is 2.20 bits per heavy atom. The van der Waals surface area contributed by atoms with Gasteiger partial charge in [-0.15, -0.1) is 0 Å². The Morgan fingerprint density at radius 3 is 2.92 bits per heavy atom. The van der Waals surface area contributed by atoms with Crippen LogP contribution in [0.4, 0.5) is 0 Å². The van der Waals surface area contributed by atoms with Gasteiger partial charge in [0.05, 0.1) is 13.2 Å². The van der Waals surface area contributed by atoms with Gasteiger partial charge in [-0.2, -0.15) is 0 Å². The highest BCUT2D eigenvalue weighted by atomic mass is 35.5. The molecule has 1 aliphatic heterocycles. The van der Waals surface area contributed by atoms with Crippen LogP contribution in [0.3, 0.4) is 0 Å². The average molecular weight is 359 g/mol. The molecule has 1 fully saturated rings. The number of hydrogen-bond donors (Lipinski definition) is 1. The second-order valence-electron chi connectivity index (χ2n) is 6.05. The lowest BCUT2D eigenvalue weighted by Crippen LogP contribution is -2.48. The second kappa shape index (κ2) is 8.32. The highest BCUT2D eigenvalue weighted by Gasteiger charge is 2.25. The van der Waals surface area contributed by atoms with Crippen LogP contribution in [0.15, 0.2) is 47.6 Å². The molecule has 0 saturated carbocycles. The molecule has 1 aliphatic rings.